The number of ether oxygens (including phenoxy) is 1. The first-order valence-electron chi connectivity index (χ1n) is 8.51. The summed E-state index contributed by atoms with van der Waals surface area (Å²) in [7, 11) is 3.59. The van der Waals surface area contributed by atoms with Gasteiger partial charge in [0.05, 0.1) is 12.1 Å². The van der Waals surface area contributed by atoms with Crippen molar-refractivity contribution in [2.45, 2.75) is 31.9 Å². The zero-order valence-corrected chi connectivity index (χ0v) is 14.9. The number of aromatic nitrogens is 1. The summed E-state index contributed by atoms with van der Waals surface area (Å²) in [5, 5.41) is 10.7. The van der Waals surface area contributed by atoms with Crippen LogP contribution in [0.15, 0.2) is 24.5 Å². The molecule has 0 saturated carbocycles. The predicted molar refractivity (Wildman–Crippen MR) is 92.4 cm³/mol. The number of pyridine rings is 1. The van der Waals surface area contributed by atoms with Crippen LogP contribution in [0.4, 0.5) is 0 Å². The van der Waals surface area contributed by atoms with Gasteiger partial charge in [0.15, 0.2) is 0 Å². The van der Waals surface area contributed by atoms with Crippen LogP contribution in [0.3, 0.4) is 0 Å². The monoisotopic (exact) mass is 335 g/mol. The van der Waals surface area contributed by atoms with Crippen LogP contribution in [0.2, 0.25) is 0 Å². The lowest BCUT2D eigenvalue weighted by Gasteiger charge is -2.43. The summed E-state index contributed by atoms with van der Waals surface area (Å²) >= 11 is 0. The SMILES string of the molecule is COCC[C@]1(O)CCN(C(=O)CN(C)Cc2ccncc2)C[C@H]1C. The first-order valence-corrected chi connectivity index (χ1v) is 8.51. The molecule has 2 atom stereocenters. The van der Waals surface area contributed by atoms with E-state index in [1.807, 2.05) is 35.9 Å². The van der Waals surface area contributed by atoms with E-state index in [1.54, 1.807) is 19.5 Å². The maximum absolute atomic E-state index is 12.5. The molecule has 1 amide bonds. The second-order valence-electron chi connectivity index (χ2n) is 6.86. The number of carbonyl (C=O) groups excluding carboxylic acids is 1. The normalized spacial score (nSPS) is 24.4. The molecule has 134 valence electrons. The van der Waals surface area contributed by atoms with Crippen LogP contribution in [0.5, 0.6) is 0 Å². The maximum atomic E-state index is 12.5. The molecule has 1 N–H and O–H groups in total. The van der Waals surface area contributed by atoms with Crippen molar-refractivity contribution in [3.8, 4) is 0 Å². The third kappa shape index (κ3) is 5.00. The molecule has 1 saturated heterocycles. The van der Waals surface area contributed by atoms with Gasteiger partial charge in [0.2, 0.25) is 5.91 Å². The van der Waals surface area contributed by atoms with Gasteiger partial charge in [-0.3, -0.25) is 14.7 Å². The van der Waals surface area contributed by atoms with Crippen LogP contribution in [0.25, 0.3) is 0 Å². The molecular formula is C18H29N3O3. The number of piperidine rings is 1. The molecule has 24 heavy (non-hydrogen) atoms. The lowest BCUT2D eigenvalue weighted by atomic mass is 9.80. The average Bonchev–Trinajstić information content (AvgIpc) is 2.56. The summed E-state index contributed by atoms with van der Waals surface area (Å²) in [4.78, 5) is 20.4. The Labute approximate surface area is 144 Å². The van der Waals surface area contributed by atoms with E-state index >= 15 is 0 Å². The molecule has 0 unspecified atom stereocenters. The van der Waals surface area contributed by atoms with E-state index in [2.05, 4.69) is 4.98 Å². The largest absolute Gasteiger partial charge is 0.389 e. The average molecular weight is 335 g/mol. The fraction of sp³-hybridized carbons (Fsp3) is 0.667. The Hall–Kier alpha value is -1.50. The third-order valence-electron chi connectivity index (χ3n) is 4.93. The van der Waals surface area contributed by atoms with Gasteiger partial charge in [0.25, 0.3) is 0 Å². The molecule has 0 radical (unpaired) electrons. The van der Waals surface area contributed by atoms with Gasteiger partial charge < -0.3 is 14.7 Å². The molecule has 1 aromatic rings. The summed E-state index contributed by atoms with van der Waals surface area (Å²) in [6.07, 6.45) is 4.75. The van der Waals surface area contributed by atoms with Gasteiger partial charge in [0.1, 0.15) is 0 Å². The van der Waals surface area contributed by atoms with Gasteiger partial charge in [-0.05, 0) is 37.6 Å². The lowest BCUT2D eigenvalue weighted by Crippen LogP contribution is -2.54. The third-order valence-corrected chi connectivity index (χ3v) is 4.93. The number of likely N-dealkylation sites (tertiary alicyclic amines) is 1. The number of carbonyl (C=O) groups is 1. The number of hydrogen-bond acceptors (Lipinski definition) is 5. The zero-order chi connectivity index (χ0) is 17.6. The molecule has 0 spiro atoms. The highest BCUT2D eigenvalue weighted by Crippen LogP contribution is 2.31. The van der Waals surface area contributed by atoms with Crippen molar-refractivity contribution < 1.29 is 14.6 Å². The molecule has 1 fully saturated rings. The Bertz CT molecular complexity index is 526. The van der Waals surface area contributed by atoms with Crippen LogP contribution in [-0.2, 0) is 16.1 Å². The number of methoxy groups -OCH3 is 1. The summed E-state index contributed by atoms with van der Waals surface area (Å²) in [6, 6.07) is 3.92. The van der Waals surface area contributed by atoms with E-state index in [-0.39, 0.29) is 11.8 Å². The summed E-state index contributed by atoms with van der Waals surface area (Å²) in [5.41, 5.74) is 0.414. The topological polar surface area (TPSA) is 65.9 Å². The Morgan fingerprint density at radius 1 is 1.50 bits per heavy atom. The molecule has 0 bridgehead atoms. The van der Waals surface area contributed by atoms with Gasteiger partial charge in [-0.1, -0.05) is 6.92 Å². The highest BCUT2D eigenvalue weighted by Gasteiger charge is 2.39. The smallest absolute Gasteiger partial charge is 0.236 e. The van der Waals surface area contributed by atoms with E-state index in [0.717, 1.165) is 12.1 Å². The molecule has 6 nitrogen and oxygen atoms in total. The highest BCUT2D eigenvalue weighted by atomic mass is 16.5. The molecule has 6 heteroatoms. The van der Waals surface area contributed by atoms with E-state index in [4.69, 9.17) is 4.74 Å². The molecule has 2 heterocycles. The summed E-state index contributed by atoms with van der Waals surface area (Å²) < 4.78 is 5.09. The highest BCUT2D eigenvalue weighted by molar-refractivity contribution is 5.78. The molecule has 1 aromatic heterocycles. The molecule has 0 aromatic carbocycles. The van der Waals surface area contributed by atoms with Crippen LogP contribution < -0.4 is 0 Å². The minimum Gasteiger partial charge on any atom is -0.389 e. The standard InChI is InChI=1S/C18H29N3O3/c1-15-12-21(10-6-18(15,23)7-11-24-3)17(22)14-20(2)13-16-4-8-19-9-5-16/h4-5,8-9,15,23H,6-7,10-14H2,1-3H3/t15-,18-/m1/s1. The van der Waals surface area contributed by atoms with E-state index in [9.17, 15) is 9.90 Å². The molecule has 1 aliphatic rings. The van der Waals surface area contributed by atoms with Crippen LogP contribution >= 0.6 is 0 Å². The van der Waals surface area contributed by atoms with Crippen molar-refractivity contribution >= 4 is 5.91 Å². The molecule has 0 aliphatic carbocycles. The predicted octanol–water partition coefficient (Wildman–Crippen LogP) is 1.15. The van der Waals surface area contributed by atoms with Crippen LogP contribution in [0.1, 0.15) is 25.3 Å². The van der Waals surface area contributed by atoms with E-state index in [1.165, 1.54) is 0 Å². The van der Waals surface area contributed by atoms with Crippen LogP contribution in [-0.4, -0.2) is 71.8 Å². The van der Waals surface area contributed by atoms with Crippen molar-refractivity contribution in [3.63, 3.8) is 0 Å². The number of nitrogens with zero attached hydrogens (tertiary/aromatic N) is 3. The van der Waals surface area contributed by atoms with E-state index in [0.29, 0.717) is 39.1 Å². The maximum Gasteiger partial charge on any atom is 0.236 e. The molecule has 2 rings (SSSR count). The lowest BCUT2D eigenvalue weighted by molar-refractivity contribution is -0.141. The Morgan fingerprint density at radius 2 is 2.21 bits per heavy atom. The quantitative estimate of drug-likeness (QED) is 0.810. The van der Waals surface area contributed by atoms with Gasteiger partial charge in [0, 0.05) is 51.7 Å². The Morgan fingerprint density at radius 3 is 2.83 bits per heavy atom. The first kappa shape index (κ1) is 18.8. The van der Waals surface area contributed by atoms with Gasteiger partial charge in [-0.15, -0.1) is 0 Å². The van der Waals surface area contributed by atoms with Gasteiger partial charge in [-0.25, -0.2) is 0 Å². The number of aliphatic hydroxyl groups is 1. The minimum atomic E-state index is -0.726. The van der Waals surface area contributed by atoms with Gasteiger partial charge in [-0.2, -0.15) is 0 Å². The number of likely N-dealkylation sites (N-methyl/N-ethyl adjacent to an activating group) is 1. The Balaban J connectivity index is 1.83. The van der Waals surface area contributed by atoms with E-state index < -0.39 is 5.60 Å². The molecular weight excluding hydrogens is 306 g/mol. The fourth-order valence-corrected chi connectivity index (χ4v) is 3.23. The minimum absolute atomic E-state index is 0.0517. The number of hydrogen-bond donors (Lipinski definition) is 1. The fourth-order valence-electron chi connectivity index (χ4n) is 3.23. The summed E-state index contributed by atoms with van der Waals surface area (Å²) in [6.45, 7) is 4.86. The number of amides is 1. The second kappa shape index (κ2) is 8.55. The zero-order valence-electron chi connectivity index (χ0n) is 14.9. The van der Waals surface area contributed by atoms with Gasteiger partial charge >= 0.3 is 0 Å². The Kier molecular flexibility index (Phi) is 6.71. The van der Waals surface area contributed by atoms with Crippen LogP contribution in [0, 0.1) is 5.92 Å². The van der Waals surface area contributed by atoms with Crippen molar-refractivity contribution in [2.24, 2.45) is 5.92 Å². The second-order valence-corrected chi connectivity index (χ2v) is 6.86. The first-order chi connectivity index (χ1) is 11.4. The van der Waals surface area contributed by atoms with Crippen molar-refractivity contribution in [1.82, 2.24) is 14.8 Å². The van der Waals surface area contributed by atoms with Crippen molar-refractivity contribution in [3.05, 3.63) is 30.1 Å². The van der Waals surface area contributed by atoms with Crippen molar-refractivity contribution in [2.75, 3.05) is 40.4 Å². The molecule has 1 aliphatic heterocycles. The summed E-state index contributed by atoms with van der Waals surface area (Å²) in [5.74, 6) is 0.169. The number of rotatable bonds is 7. The van der Waals surface area contributed by atoms with Crippen molar-refractivity contribution in [1.29, 1.82) is 0 Å².